The van der Waals surface area contributed by atoms with Gasteiger partial charge in [-0.25, -0.2) is 4.57 Å². The van der Waals surface area contributed by atoms with Crippen LogP contribution < -0.4 is 4.57 Å². The fourth-order valence-electron chi connectivity index (χ4n) is 2.27. The molecule has 0 unspecified atom stereocenters. The van der Waals surface area contributed by atoms with E-state index in [2.05, 4.69) is 38.5 Å². The van der Waals surface area contributed by atoms with Crippen LogP contribution in [0.1, 0.15) is 50.9 Å². The van der Waals surface area contributed by atoms with Crippen LogP contribution in [0.25, 0.3) is 0 Å². The summed E-state index contributed by atoms with van der Waals surface area (Å²) in [5, 5.41) is 10.2. The number of aromatic hydroxyl groups is 1. The molecule has 1 aromatic heterocycles. The number of rotatable bonds is 5. The van der Waals surface area contributed by atoms with E-state index in [1.807, 2.05) is 0 Å². The minimum Gasteiger partial charge on any atom is -0.507 e. The topological polar surface area (TPSA) is 24.1 Å². The van der Waals surface area contributed by atoms with Crippen LogP contribution in [-0.4, -0.2) is 5.11 Å². The van der Waals surface area contributed by atoms with Crippen molar-refractivity contribution in [2.75, 3.05) is 0 Å². The van der Waals surface area contributed by atoms with Gasteiger partial charge in [-0.15, -0.1) is 0 Å². The van der Waals surface area contributed by atoms with Gasteiger partial charge in [0.2, 0.25) is 0 Å². The van der Waals surface area contributed by atoms with Gasteiger partial charge in [-0.3, -0.25) is 0 Å². The zero-order valence-corrected chi connectivity index (χ0v) is 11.0. The molecule has 0 amide bonds. The van der Waals surface area contributed by atoms with Crippen molar-refractivity contribution in [3.8, 4) is 5.75 Å². The third-order valence-electron chi connectivity index (χ3n) is 3.16. The summed E-state index contributed by atoms with van der Waals surface area (Å²) in [6.45, 7) is 9.54. The number of nitrogens with zero attached hydrogens (tertiary/aromatic N) is 1. The maximum absolute atomic E-state index is 10.2. The van der Waals surface area contributed by atoms with Gasteiger partial charge in [0.05, 0.1) is 11.1 Å². The summed E-state index contributed by atoms with van der Waals surface area (Å²) < 4.78 is 2.29. The molecule has 0 bridgehead atoms. The number of hydrogen-bond acceptors (Lipinski definition) is 1. The van der Waals surface area contributed by atoms with E-state index in [0.717, 1.165) is 43.4 Å². The largest absolute Gasteiger partial charge is 0.507 e. The Morgan fingerprint density at radius 1 is 1.12 bits per heavy atom. The van der Waals surface area contributed by atoms with Gasteiger partial charge in [0.25, 0.3) is 0 Å². The molecule has 0 aliphatic rings. The first-order valence-corrected chi connectivity index (χ1v) is 6.45. The molecule has 0 saturated heterocycles. The Labute approximate surface area is 98.9 Å². The van der Waals surface area contributed by atoms with Crippen molar-refractivity contribution in [3.05, 3.63) is 23.0 Å². The van der Waals surface area contributed by atoms with Crippen molar-refractivity contribution in [1.82, 2.24) is 0 Å². The van der Waals surface area contributed by atoms with E-state index in [9.17, 15) is 5.11 Å². The molecule has 16 heavy (non-hydrogen) atoms. The molecule has 1 aromatic rings. The third-order valence-corrected chi connectivity index (χ3v) is 3.16. The van der Waals surface area contributed by atoms with Gasteiger partial charge in [-0.2, -0.15) is 0 Å². The highest BCUT2D eigenvalue weighted by molar-refractivity contribution is 5.39. The van der Waals surface area contributed by atoms with E-state index in [4.69, 9.17) is 0 Å². The zero-order valence-electron chi connectivity index (χ0n) is 11.0. The highest BCUT2D eigenvalue weighted by Gasteiger charge is 2.20. The van der Waals surface area contributed by atoms with Gasteiger partial charge in [-0.05, 0) is 26.2 Å². The molecule has 0 aliphatic carbocycles. The quantitative estimate of drug-likeness (QED) is 0.761. The van der Waals surface area contributed by atoms with Crippen LogP contribution in [0.2, 0.25) is 0 Å². The molecule has 2 nitrogen and oxygen atoms in total. The summed E-state index contributed by atoms with van der Waals surface area (Å²) >= 11 is 0. The summed E-state index contributed by atoms with van der Waals surface area (Å²) in [4.78, 5) is 0. The molecule has 1 heterocycles. The Morgan fingerprint density at radius 3 is 2.25 bits per heavy atom. The van der Waals surface area contributed by atoms with Crippen LogP contribution >= 0.6 is 0 Å². The fourth-order valence-corrected chi connectivity index (χ4v) is 2.27. The lowest BCUT2D eigenvalue weighted by atomic mass is 10.0. The second-order valence-electron chi connectivity index (χ2n) is 4.17. The van der Waals surface area contributed by atoms with Crippen molar-refractivity contribution in [2.45, 2.75) is 59.9 Å². The van der Waals surface area contributed by atoms with E-state index in [-0.39, 0.29) is 0 Å². The lowest BCUT2D eigenvalue weighted by Gasteiger charge is -2.11. The van der Waals surface area contributed by atoms with Crippen molar-refractivity contribution in [2.24, 2.45) is 0 Å². The Kier molecular flexibility index (Phi) is 4.78. The molecule has 2 heteroatoms. The normalized spacial score (nSPS) is 10.8. The molecule has 0 saturated carbocycles. The molecule has 0 radical (unpaired) electrons. The SMILES string of the molecule is CCCc1c(CC)c(O)c(CC)c[n+]1CC. The summed E-state index contributed by atoms with van der Waals surface area (Å²) in [7, 11) is 0. The van der Waals surface area contributed by atoms with Crippen LogP contribution in [-0.2, 0) is 25.8 Å². The van der Waals surface area contributed by atoms with Crippen LogP contribution in [0.15, 0.2) is 6.20 Å². The maximum atomic E-state index is 10.2. The van der Waals surface area contributed by atoms with E-state index in [0.29, 0.717) is 5.75 Å². The van der Waals surface area contributed by atoms with Gasteiger partial charge < -0.3 is 5.11 Å². The van der Waals surface area contributed by atoms with Gasteiger partial charge in [0.1, 0.15) is 12.3 Å². The Hall–Kier alpha value is -1.05. The average Bonchev–Trinajstić information content (AvgIpc) is 2.30. The van der Waals surface area contributed by atoms with E-state index >= 15 is 0 Å². The number of pyridine rings is 1. The molecule has 1 N–H and O–H groups in total. The number of aromatic nitrogens is 1. The lowest BCUT2D eigenvalue weighted by molar-refractivity contribution is -0.701. The molecule has 0 fully saturated rings. The molecule has 0 aliphatic heterocycles. The molecular weight excluding hydrogens is 198 g/mol. The Balaban J connectivity index is 3.37. The predicted molar refractivity (Wildman–Crippen MR) is 66.7 cm³/mol. The standard InChI is InChI=1S/C14H23NO/c1-5-9-13-12(7-3)14(16)11(6-2)10-15(13)8-4/h10H,5-9H2,1-4H3/p+1. The Bertz CT molecular complexity index is 358. The lowest BCUT2D eigenvalue weighted by Crippen LogP contribution is -2.39. The van der Waals surface area contributed by atoms with Crippen molar-refractivity contribution >= 4 is 0 Å². The van der Waals surface area contributed by atoms with Crippen molar-refractivity contribution < 1.29 is 9.67 Å². The van der Waals surface area contributed by atoms with Crippen molar-refractivity contribution in [1.29, 1.82) is 0 Å². The molecule has 1 rings (SSSR count). The van der Waals surface area contributed by atoms with E-state index in [1.165, 1.54) is 5.69 Å². The van der Waals surface area contributed by atoms with E-state index in [1.54, 1.807) is 0 Å². The molecule has 0 aromatic carbocycles. The average molecular weight is 222 g/mol. The summed E-state index contributed by atoms with van der Waals surface area (Å²) in [6.07, 6.45) is 6.09. The summed E-state index contributed by atoms with van der Waals surface area (Å²) in [6, 6.07) is 0. The minimum absolute atomic E-state index is 0.526. The summed E-state index contributed by atoms with van der Waals surface area (Å²) in [5.74, 6) is 0.526. The van der Waals surface area contributed by atoms with Gasteiger partial charge in [0.15, 0.2) is 11.9 Å². The monoisotopic (exact) mass is 222 g/mol. The highest BCUT2D eigenvalue weighted by atomic mass is 16.3. The summed E-state index contributed by atoms with van der Waals surface area (Å²) in [5.41, 5.74) is 3.52. The van der Waals surface area contributed by atoms with Crippen LogP contribution in [0.3, 0.4) is 0 Å². The van der Waals surface area contributed by atoms with Crippen LogP contribution in [0.4, 0.5) is 0 Å². The fraction of sp³-hybridized carbons (Fsp3) is 0.643. The first-order chi connectivity index (χ1) is 7.69. The Morgan fingerprint density at radius 2 is 1.81 bits per heavy atom. The molecular formula is C14H24NO+. The van der Waals surface area contributed by atoms with Crippen molar-refractivity contribution in [3.63, 3.8) is 0 Å². The predicted octanol–water partition coefficient (Wildman–Crippen LogP) is 2.78. The second-order valence-corrected chi connectivity index (χ2v) is 4.17. The van der Waals surface area contributed by atoms with E-state index < -0.39 is 0 Å². The zero-order chi connectivity index (χ0) is 12.1. The molecule has 0 spiro atoms. The van der Waals surface area contributed by atoms with Crippen LogP contribution in [0.5, 0.6) is 5.75 Å². The molecule has 0 atom stereocenters. The maximum Gasteiger partial charge on any atom is 0.188 e. The number of hydrogen-bond donors (Lipinski definition) is 1. The first-order valence-electron chi connectivity index (χ1n) is 6.45. The highest BCUT2D eigenvalue weighted by Crippen LogP contribution is 2.25. The smallest absolute Gasteiger partial charge is 0.188 e. The van der Waals surface area contributed by atoms with Gasteiger partial charge in [0, 0.05) is 6.42 Å². The third kappa shape index (κ3) is 2.37. The molecule has 90 valence electrons. The van der Waals surface area contributed by atoms with Gasteiger partial charge >= 0.3 is 0 Å². The van der Waals surface area contributed by atoms with Gasteiger partial charge in [-0.1, -0.05) is 20.8 Å². The number of aryl methyl sites for hydroxylation is 2. The minimum atomic E-state index is 0.526. The second kappa shape index (κ2) is 5.88. The van der Waals surface area contributed by atoms with Crippen LogP contribution in [0, 0.1) is 0 Å². The first kappa shape index (κ1) is 13.0.